The van der Waals surface area contributed by atoms with Gasteiger partial charge in [-0.2, -0.15) is 0 Å². The van der Waals surface area contributed by atoms with E-state index in [2.05, 4.69) is 20.3 Å². The number of hydrogen-bond donors (Lipinski definition) is 1. The van der Waals surface area contributed by atoms with Gasteiger partial charge in [0.15, 0.2) is 0 Å². The second kappa shape index (κ2) is 10.9. The van der Waals surface area contributed by atoms with Crippen molar-refractivity contribution in [3.8, 4) is 11.5 Å². The van der Waals surface area contributed by atoms with Crippen molar-refractivity contribution in [1.29, 1.82) is 0 Å². The summed E-state index contributed by atoms with van der Waals surface area (Å²) >= 11 is 6.47. The highest BCUT2D eigenvalue weighted by molar-refractivity contribution is 7.88. The lowest BCUT2D eigenvalue weighted by Gasteiger charge is -2.15. The molecule has 9 nitrogen and oxygen atoms in total. The molecule has 0 radical (unpaired) electrons. The summed E-state index contributed by atoms with van der Waals surface area (Å²) in [4.78, 5) is 13.0. The lowest BCUT2D eigenvalue weighted by atomic mass is 10.1. The molecule has 0 saturated carbocycles. The fourth-order valence-corrected chi connectivity index (χ4v) is 5.29. The molecule has 1 saturated heterocycles. The molecule has 1 N–H and O–H groups in total. The number of sulfonamides is 1. The number of hydrogen-bond acceptors (Lipinski definition) is 8. The van der Waals surface area contributed by atoms with E-state index in [9.17, 15) is 8.42 Å². The van der Waals surface area contributed by atoms with E-state index in [0.717, 1.165) is 28.7 Å². The number of benzene rings is 2. The van der Waals surface area contributed by atoms with Gasteiger partial charge in [-0.1, -0.05) is 17.7 Å². The van der Waals surface area contributed by atoms with Gasteiger partial charge in [-0.3, -0.25) is 4.98 Å². The lowest BCUT2D eigenvalue weighted by Crippen LogP contribution is -2.28. The molecule has 11 heteroatoms. The highest BCUT2D eigenvalue weighted by atomic mass is 35.5. The standard InChI is InChI=1S/C26H26ClN5O4S/c1-37(33,34)32-11-9-18(14-32)15-35-21-6-7-24-22(13-21)26(30-17-29-24)31-19-5-8-25(23(27)12-19)36-16-20-4-2-3-10-28-20/h2-8,10,12-13,17-18H,9,11,14-16H2,1H3,(H,29,30,31). The van der Waals surface area contributed by atoms with Gasteiger partial charge in [0.25, 0.3) is 0 Å². The Hall–Kier alpha value is -3.47. The zero-order valence-electron chi connectivity index (χ0n) is 20.2. The first-order valence-corrected chi connectivity index (χ1v) is 14.0. The topological polar surface area (TPSA) is 107 Å². The Labute approximate surface area is 220 Å². The minimum absolute atomic E-state index is 0.149. The van der Waals surface area contributed by atoms with Crippen molar-refractivity contribution in [2.45, 2.75) is 13.0 Å². The van der Waals surface area contributed by atoms with Gasteiger partial charge in [-0.15, -0.1) is 0 Å². The molecule has 3 heterocycles. The number of anilines is 2. The first kappa shape index (κ1) is 25.2. The highest BCUT2D eigenvalue weighted by Crippen LogP contribution is 2.32. The van der Waals surface area contributed by atoms with E-state index in [-0.39, 0.29) is 5.92 Å². The van der Waals surface area contributed by atoms with Crippen LogP contribution >= 0.6 is 11.6 Å². The Balaban J connectivity index is 1.26. The third-order valence-electron chi connectivity index (χ3n) is 6.11. The van der Waals surface area contributed by atoms with Crippen LogP contribution in [0.15, 0.2) is 67.1 Å². The van der Waals surface area contributed by atoms with Gasteiger partial charge in [0.2, 0.25) is 10.0 Å². The largest absolute Gasteiger partial charge is 0.493 e. The van der Waals surface area contributed by atoms with Gasteiger partial charge in [0.1, 0.15) is 30.3 Å². The zero-order chi connectivity index (χ0) is 25.8. The molecule has 1 fully saturated rings. The van der Waals surface area contributed by atoms with Gasteiger partial charge in [-0.05, 0) is 55.0 Å². The monoisotopic (exact) mass is 539 g/mol. The Morgan fingerprint density at radius 2 is 1.97 bits per heavy atom. The fourth-order valence-electron chi connectivity index (χ4n) is 4.14. The molecule has 2 aromatic carbocycles. The predicted octanol–water partition coefficient (Wildman–Crippen LogP) is 4.66. The third-order valence-corrected chi connectivity index (χ3v) is 7.67. The van der Waals surface area contributed by atoms with Crippen molar-refractivity contribution in [3.63, 3.8) is 0 Å². The Morgan fingerprint density at radius 3 is 2.73 bits per heavy atom. The summed E-state index contributed by atoms with van der Waals surface area (Å²) in [6.45, 7) is 1.76. The smallest absolute Gasteiger partial charge is 0.211 e. The molecule has 1 unspecified atom stereocenters. The van der Waals surface area contributed by atoms with E-state index >= 15 is 0 Å². The number of pyridine rings is 1. The van der Waals surface area contributed by atoms with Crippen LogP contribution < -0.4 is 14.8 Å². The number of fused-ring (bicyclic) bond motifs is 1. The molecular weight excluding hydrogens is 514 g/mol. The van der Waals surface area contributed by atoms with Crippen LogP contribution in [-0.4, -0.2) is 53.6 Å². The number of rotatable bonds is 9. The molecule has 192 valence electrons. The summed E-state index contributed by atoms with van der Waals surface area (Å²) in [5, 5.41) is 4.55. The maximum atomic E-state index is 11.8. The van der Waals surface area contributed by atoms with Crippen LogP contribution in [0.5, 0.6) is 11.5 Å². The fraction of sp³-hybridized carbons (Fsp3) is 0.269. The predicted molar refractivity (Wildman–Crippen MR) is 143 cm³/mol. The normalized spacial score (nSPS) is 16.1. The molecule has 0 amide bonds. The van der Waals surface area contributed by atoms with Gasteiger partial charge >= 0.3 is 0 Å². The summed E-state index contributed by atoms with van der Waals surface area (Å²) in [6, 6.07) is 16.7. The minimum Gasteiger partial charge on any atom is -0.493 e. The van der Waals surface area contributed by atoms with Crippen molar-refractivity contribution < 1.29 is 17.9 Å². The second-order valence-corrected chi connectivity index (χ2v) is 11.3. The SMILES string of the molecule is CS(=O)(=O)N1CCC(COc2ccc3ncnc(Nc4ccc(OCc5ccccn5)c(Cl)c4)c3c2)C1. The van der Waals surface area contributed by atoms with E-state index < -0.39 is 10.0 Å². The third kappa shape index (κ3) is 6.27. The summed E-state index contributed by atoms with van der Waals surface area (Å²) < 4.78 is 36.8. The van der Waals surface area contributed by atoms with Crippen LogP contribution in [0.2, 0.25) is 5.02 Å². The Bertz CT molecular complexity index is 1500. The van der Waals surface area contributed by atoms with Crippen LogP contribution in [-0.2, 0) is 16.6 Å². The van der Waals surface area contributed by atoms with Crippen LogP contribution in [0, 0.1) is 5.92 Å². The van der Waals surface area contributed by atoms with Crippen molar-refractivity contribution in [3.05, 3.63) is 77.8 Å². The van der Waals surface area contributed by atoms with E-state index in [1.807, 2.05) is 42.5 Å². The molecule has 37 heavy (non-hydrogen) atoms. The van der Waals surface area contributed by atoms with Crippen molar-refractivity contribution in [1.82, 2.24) is 19.3 Å². The Kier molecular flexibility index (Phi) is 7.40. The number of ether oxygens (including phenoxy) is 2. The number of aromatic nitrogens is 3. The molecule has 2 aromatic heterocycles. The highest BCUT2D eigenvalue weighted by Gasteiger charge is 2.28. The quantitative estimate of drug-likeness (QED) is 0.327. The average molecular weight is 540 g/mol. The van der Waals surface area contributed by atoms with E-state index in [4.69, 9.17) is 21.1 Å². The van der Waals surface area contributed by atoms with E-state index in [0.29, 0.717) is 48.6 Å². The molecule has 4 aromatic rings. The molecule has 1 aliphatic rings. The van der Waals surface area contributed by atoms with Crippen LogP contribution in [0.25, 0.3) is 10.9 Å². The van der Waals surface area contributed by atoms with Crippen LogP contribution in [0.1, 0.15) is 12.1 Å². The number of nitrogens with one attached hydrogen (secondary N) is 1. The molecule has 0 aliphatic carbocycles. The molecular formula is C26H26ClN5O4S. The number of halogens is 1. The zero-order valence-corrected chi connectivity index (χ0v) is 21.7. The summed E-state index contributed by atoms with van der Waals surface area (Å²) in [5.41, 5.74) is 2.32. The minimum atomic E-state index is -3.17. The van der Waals surface area contributed by atoms with Crippen molar-refractivity contribution in [2.24, 2.45) is 5.92 Å². The van der Waals surface area contributed by atoms with Gasteiger partial charge in [0, 0.05) is 36.3 Å². The summed E-state index contributed by atoms with van der Waals surface area (Å²) in [6.07, 6.45) is 5.23. The van der Waals surface area contributed by atoms with Crippen LogP contribution in [0.3, 0.4) is 0 Å². The lowest BCUT2D eigenvalue weighted by molar-refractivity contribution is 0.255. The first-order valence-electron chi connectivity index (χ1n) is 11.8. The van der Waals surface area contributed by atoms with Crippen molar-refractivity contribution >= 4 is 44.0 Å². The first-order chi connectivity index (χ1) is 17.8. The van der Waals surface area contributed by atoms with Gasteiger partial charge < -0.3 is 14.8 Å². The van der Waals surface area contributed by atoms with Crippen molar-refractivity contribution in [2.75, 3.05) is 31.3 Å². The summed E-state index contributed by atoms with van der Waals surface area (Å²) in [5.74, 6) is 1.98. The molecule has 1 atom stereocenters. The maximum Gasteiger partial charge on any atom is 0.211 e. The maximum absolute atomic E-state index is 11.8. The average Bonchev–Trinajstić information content (AvgIpc) is 3.38. The van der Waals surface area contributed by atoms with Gasteiger partial charge in [-0.25, -0.2) is 22.7 Å². The second-order valence-electron chi connectivity index (χ2n) is 8.87. The van der Waals surface area contributed by atoms with E-state index in [1.165, 1.54) is 16.9 Å². The van der Waals surface area contributed by atoms with Gasteiger partial charge in [0.05, 0.1) is 29.1 Å². The van der Waals surface area contributed by atoms with E-state index in [1.54, 1.807) is 18.3 Å². The number of nitrogens with zero attached hydrogens (tertiary/aromatic N) is 4. The molecule has 5 rings (SSSR count). The molecule has 0 bridgehead atoms. The molecule has 0 spiro atoms. The Morgan fingerprint density at radius 1 is 1.08 bits per heavy atom. The summed E-state index contributed by atoms with van der Waals surface area (Å²) in [7, 11) is -3.17. The van der Waals surface area contributed by atoms with Crippen LogP contribution in [0.4, 0.5) is 11.5 Å². The molecule has 1 aliphatic heterocycles.